The molecule has 0 aliphatic heterocycles. The molecule has 0 saturated heterocycles. The van der Waals surface area contributed by atoms with Crippen molar-refractivity contribution in [3.8, 4) is 0 Å². The minimum Gasteiger partial charge on any atom is -0.465 e. The number of ether oxygens (including phenoxy) is 1. The van der Waals surface area contributed by atoms with Gasteiger partial charge in [-0.15, -0.1) is 0 Å². The van der Waals surface area contributed by atoms with Gasteiger partial charge >= 0.3 is 0 Å². The third-order valence-electron chi connectivity index (χ3n) is 3.30. The summed E-state index contributed by atoms with van der Waals surface area (Å²) < 4.78 is 4.93. The van der Waals surface area contributed by atoms with Crippen molar-refractivity contribution in [1.29, 1.82) is 0 Å². The Morgan fingerprint density at radius 3 is 2.88 bits per heavy atom. The summed E-state index contributed by atoms with van der Waals surface area (Å²) in [4.78, 5) is 10.2. The van der Waals surface area contributed by atoms with Crippen LogP contribution in [0.15, 0.2) is 22.8 Å². The van der Waals surface area contributed by atoms with E-state index in [0.717, 1.165) is 12.8 Å². The van der Waals surface area contributed by atoms with Crippen LogP contribution in [0.3, 0.4) is 0 Å². The highest BCUT2D eigenvalue weighted by atomic mass is 16.5. The first-order valence-electron chi connectivity index (χ1n) is 5.99. The Morgan fingerprint density at radius 1 is 1.62 bits per heavy atom. The second kappa shape index (κ2) is 5.88. The highest BCUT2D eigenvalue weighted by molar-refractivity contribution is 5.37. The SMILES string of the molecule is CC1=C[C@@H](C)/C(=C(/C)CC(C)OC=O)CC1. The molecule has 0 aromatic carbocycles. The molecule has 0 amide bonds. The summed E-state index contributed by atoms with van der Waals surface area (Å²) in [6.07, 6.45) is 5.51. The van der Waals surface area contributed by atoms with Crippen molar-refractivity contribution in [1.82, 2.24) is 0 Å². The van der Waals surface area contributed by atoms with Gasteiger partial charge in [-0.1, -0.05) is 29.7 Å². The van der Waals surface area contributed by atoms with Gasteiger partial charge in [0.25, 0.3) is 6.47 Å². The number of carbonyl (C=O) groups is 1. The normalized spacial score (nSPS) is 25.8. The minimum absolute atomic E-state index is 0.01000. The zero-order valence-corrected chi connectivity index (χ0v) is 10.7. The molecular formula is C14H22O2. The lowest BCUT2D eigenvalue weighted by Gasteiger charge is -2.23. The molecule has 2 atom stereocenters. The van der Waals surface area contributed by atoms with E-state index >= 15 is 0 Å². The van der Waals surface area contributed by atoms with E-state index in [9.17, 15) is 4.79 Å². The van der Waals surface area contributed by atoms with Crippen LogP contribution in [-0.4, -0.2) is 12.6 Å². The lowest BCUT2D eigenvalue weighted by Crippen LogP contribution is -2.11. The summed E-state index contributed by atoms with van der Waals surface area (Å²) in [5.41, 5.74) is 4.39. The molecule has 2 heteroatoms. The van der Waals surface area contributed by atoms with Crippen LogP contribution in [0.1, 0.15) is 47.0 Å². The van der Waals surface area contributed by atoms with E-state index < -0.39 is 0 Å². The predicted octanol–water partition coefficient (Wildman–Crippen LogP) is 3.63. The fraction of sp³-hybridized carbons (Fsp3) is 0.643. The first-order valence-corrected chi connectivity index (χ1v) is 5.99. The summed E-state index contributed by atoms with van der Waals surface area (Å²) >= 11 is 0. The largest absolute Gasteiger partial charge is 0.465 e. The molecule has 0 N–H and O–H groups in total. The summed E-state index contributed by atoms with van der Waals surface area (Å²) in [6.45, 7) is 9.07. The fourth-order valence-corrected chi connectivity index (χ4v) is 2.48. The molecule has 1 aliphatic carbocycles. The molecule has 0 aromatic rings. The Labute approximate surface area is 98.4 Å². The Bertz CT molecular complexity index is 313. The van der Waals surface area contributed by atoms with E-state index in [-0.39, 0.29) is 6.10 Å². The molecule has 0 bridgehead atoms. The van der Waals surface area contributed by atoms with Crippen molar-refractivity contribution in [2.45, 2.75) is 53.1 Å². The average molecular weight is 222 g/mol. The van der Waals surface area contributed by atoms with E-state index in [1.165, 1.54) is 23.1 Å². The van der Waals surface area contributed by atoms with Gasteiger partial charge in [0.15, 0.2) is 0 Å². The molecule has 0 radical (unpaired) electrons. The van der Waals surface area contributed by atoms with Gasteiger partial charge < -0.3 is 4.74 Å². The summed E-state index contributed by atoms with van der Waals surface area (Å²) in [6, 6.07) is 0. The number of hydrogen-bond acceptors (Lipinski definition) is 2. The third kappa shape index (κ3) is 3.51. The van der Waals surface area contributed by atoms with E-state index in [1.807, 2.05) is 6.92 Å². The van der Waals surface area contributed by atoms with Crippen molar-refractivity contribution in [2.75, 3.05) is 0 Å². The van der Waals surface area contributed by atoms with Crippen LogP contribution in [0, 0.1) is 5.92 Å². The topological polar surface area (TPSA) is 26.3 Å². The van der Waals surface area contributed by atoms with Gasteiger partial charge in [0.1, 0.15) is 6.10 Å². The smallest absolute Gasteiger partial charge is 0.293 e. The van der Waals surface area contributed by atoms with Crippen molar-refractivity contribution >= 4 is 6.47 Å². The zero-order valence-electron chi connectivity index (χ0n) is 10.7. The molecule has 0 saturated carbocycles. The highest BCUT2D eigenvalue weighted by Gasteiger charge is 2.16. The molecule has 1 aliphatic rings. The Morgan fingerprint density at radius 2 is 2.31 bits per heavy atom. The third-order valence-corrected chi connectivity index (χ3v) is 3.30. The van der Waals surface area contributed by atoms with Crippen molar-refractivity contribution in [3.63, 3.8) is 0 Å². The fourth-order valence-electron chi connectivity index (χ4n) is 2.48. The van der Waals surface area contributed by atoms with Gasteiger partial charge in [0.05, 0.1) is 0 Å². The van der Waals surface area contributed by atoms with E-state index in [4.69, 9.17) is 4.74 Å². The Balaban J connectivity index is 2.69. The van der Waals surface area contributed by atoms with E-state index in [0.29, 0.717) is 12.4 Å². The van der Waals surface area contributed by atoms with Gasteiger partial charge in [-0.25, -0.2) is 0 Å². The quantitative estimate of drug-likeness (QED) is 0.536. The molecular weight excluding hydrogens is 200 g/mol. The molecule has 90 valence electrons. The second-order valence-electron chi connectivity index (χ2n) is 4.85. The van der Waals surface area contributed by atoms with E-state index in [1.54, 1.807) is 0 Å². The zero-order chi connectivity index (χ0) is 12.1. The standard InChI is InChI=1S/C14H22O2/c1-10-5-6-14(11(2)7-10)12(3)8-13(4)16-9-15/h7,9,11,13H,5-6,8H2,1-4H3/b14-12-/t11-,13?/m1/s1. The van der Waals surface area contributed by atoms with Gasteiger partial charge in [0, 0.05) is 6.42 Å². The number of hydrogen-bond donors (Lipinski definition) is 0. The first-order chi connectivity index (χ1) is 7.54. The average Bonchev–Trinajstić information content (AvgIpc) is 2.17. The maximum Gasteiger partial charge on any atom is 0.293 e. The molecule has 16 heavy (non-hydrogen) atoms. The second-order valence-corrected chi connectivity index (χ2v) is 4.85. The molecule has 1 rings (SSSR count). The number of rotatable bonds is 4. The first kappa shape index (κ1) is 13.0. The van der Waals surface area contributed by atoms with Crippen LogP contribution in [-0.2, 0) is 9.53 Å². The monoisotopic (exact) mass is 222 g/mol. The van der Waals surface area contributed by atoms with Crippen LogP contribution in [0.25, 0.3) is 0 Å². The molecule has 0 aromatic heterocycles. The molecule has 0 fully saturated rings. The summed E-state index contributed by atoms with van der Waals surface area (Å²) in [7, 11) is 0. The molecule has 1 unspecified atom stereocenters. The van der Waals surface area contributed by atoms with Gasteiger partial charge in [-0.3, -0.25) is 4.79 Å². The summed E-state index contributed by atoms with van der Waals surface area (Å²) in [5.74, 6) is 0.539. The molecule has 0 spiro atoms. The minimum atomic E-state index is -0.01000. The lowest BCUT2D eigenvalue weighted by molar-refractivity contribution is -0.132. The maximum absolute atomic E-state index is 10.2. The number of allylic oxidation sites excluding steroid dienone is 3. The van der Waals surface area contributed by atoms with Crippen LogP contribution in [0.5, 0.6) is 0 Å². The Hall–Kier alpha value is -1.05. The predicted molar refractivity (Wildman–Crippen MR) is 66.1 cm³/mol. The van der Waals surface area contributed by atoms with Gasteiger partial charge in [0.2, 0.25) is 0 Å². The number of carbonyl (C=O) groups excluding carboxylic acids is 1. The van der Waals surface area contributed by atoms with E-state index in [2.05, 4.69) is 26.8 Å². The van der Waals surface area contributed by atoms with Crippen LogP contribution in [0.4, 0.5) is 0 Å². The van der Waals surface area contributed by atoms with Crippen LogP contribution in [0.2, 0.25) is 0 Å². The highest BCUT2D eigenvalue weighted by Crippen LogP contribution is 2.31. The van der Waals surface area contributed by atoms with Gasteiger partial charge in [-0.2, -0.15) is 0 Å². The van der Waals surface area contributed by atoms with Crippen LogP contribution < -0.4 is 0 Å². The van der Waals surface area contributed by atoms with Gasteiger partial charge in [-0.05, 0) is 39.5 Å². The lowest BCUT2D eigenvalue weighted by atomic mass is 9.83. The maximum atomic E-state index is 10.2. The van der Waals surface area contributed by atoms with Crippen LogP contribution >= 0.6 is 0 Å². The molecule has 2 nitrogen and oxygen atoms in total. The van der Waals surface area contributed by atoms with Crippen molar-refractivity contribution < 1.29 is 9.53 Å². The molecule has 0 heterocycles. The van der Waals surface area contributed by atoms with Crippen molar-refractivity contribution in [3.05, 3.63) is 22.8 Å². The van der Waals surface area contributed by atoms with Crippen molar-refractivity contribution in [2.24, 2.45) is 5.92 Å². The summed E-state index contributed by atoms with van der Waals surface area (Å²) in [5, 5.41) is 0. The Kier molecular flexibility index (Phi) is 4.78.